The van der Waals surface area contributed by atoms with E-state index in [0.717, 1.165) is 23.7 Å². The summed E-state index contributed by atoms with van der Waals surface area (Å²) in [5.41, 5.74) is 1.87. The molecule has 2 rings (SSSR count). The van der Waals surface area contributed by atoms with Gasteiger partial charge in [-0.2, -0.15) is 0 Å². The van der Waals surface area contributed by atoms with Gasteiger partial charge in [-0.15, -0.1) is 0 Å². The van der Waals surface area contributed by atoms with Crippen LogP contribution >= 0.6 is 15.9 Å². The van der Waals surface area contributed by atoms with Crippen molar-refractivity contribution in [2.75, 3.05) is 11.9 Å². The lowest BCUT2D eigenvalue weighted by Gasteiger charge is -2.07. The molecular weight excluding hydrogens is 356 g/mol. The van der Waals surface area contributed by atoms with Crippen LogP contribution in [0, 0.1) is 0 Å². The van der Waals surface area contributed by atoms with Crippen LogP contribution in [0.4, 0.5) is 5.69 Å². The van der Waals surface area contributed by atoms with Crippen molar-refractivity contribution in [1.29, 1.82) is 0 Å². The Kier molecular flexibility index (Phi) is 6.81. The van der Waals surface area contributed by atoms with Gasteiger partial charge >= 0.3 is 11.8 Å². The van der Waals surface area contributed by atoms with E-state index in [1.807, 2.05) is 24.3 Å². The first-order chi connectivity index (χ1) is 11.1. The fourth-order valence-corrected chi connectivity index (χ4v) is 2.53. The summed E-state index contributed by atoms with van der Waals surface area (Å²) >= 11 is 3.32. The maximum Gasteiger partial charge on any atom is 0.313 e. The Bertz CT molecular complexity index is 659. The molecular formula is C18H19BrN2O2. The highest BCUT2D eigenvalue weighted by molar-refractivity contribution is 9.10. The summed E-state index contributed by atoms with van der Waals surface area (Å²) in [6.07, 6.45) is 2.78. The number of nitrogens with one attached hydrogen (secondary N) is 2. The second-order valence-corrected chi connectivity index (χ2v) is 6.08. The lowest BCUT2D eigenvalue weighted by Crippen LogP contribution is -2.35. The number of hydrogen-bond acceptors (Lipinski definition) is 2. The van der Waals surface area contributed by atoms with E-state index < -0.39 is 11.8 Å². The Balaban J connectivity index is 1.65. The second kappa shape index (κ2) is 9.10. The highest BCUT2D eigenvalue weighted by Gasteiger charge is 2.12. The summed E-state index contributed by atoms with van der Waals surface area (Å²) in [6.45, 7) is 0.498. The SMILES string of the molecule is O=C(NCCCCc1ccccc1)C(=O)Nc1cccc(Br)c1. The third kappa shape index (κ3) is 6.24. The summed E-state index contributed by atoms with van der Waals surface area (Å²) < 4.78 is 0.844. The molecule has 0 atom stereocenters. The molecule has 2 aromatic carbocycles. The molecule has 120 valence electrons. The van der Waals surface area contributed by atoms with Crippen LogP contribution in [0.5, 0.6) is 0 Å². The summed E-state index contributed by atoms with van der Waals surface area (Å²) in [6, 6.07) is 17.3. The highest BCUT2D eigenvalue weighted by Crippen LogP contribution is 2.15. The first-order valence-corrected chi connectivity index (χ1v) is 8.33. The lowest BCUT2D eigenvalue weighted by atomic mass is 10.1. The molecule has 0 radical (unpaired) electrons. The van der Waals surface area contributed by atoms with Gasteiger partial charge in [-0.25, -0.2) is 0 Å². The molecule has 4 nitrogen and oxygen atoms in total. The molecule has 0 bridgehead atoms. The minimum absolute atomic E-state index is 0.498. The molecule has 0 aliphatic heterocycles. The summed E-state index contributed by atoms with van der Waals surface area (Å²) in [7, 11) is 0. The predicted molar refractivity (Wildman–Crippen MR) is 95.2 cm³/mol. The van der Waals surface area contributed by atoms with Gasteiger partial charge in [0.1, 0.15) is 0 Å². The van der Waals surface area contributed by atoms with Crippen molar-refractivity contribution >= 4 is 33.4 Å². The molecule has 5 heteroatoms. The minimum atomic E-state index is -0.647. The molecule has 0 aliphatic rings. The maximum atomic E-state index is 11.8. The number of benzene rings is 2. The number of rotatable bonds is 6. The molecule has 0 fully saturated rings. The minimum Gasteiger partial charge on any atom is -0.348 e. The number of halogens is 1. The van der Waals surface area contributed by atoms with Crippen molar-refractivity contribution in [3.05, 3.63) is 64.6 Å². The monoisotopic (exact) mass is 374 g/mol. The number of hydrogen-bond donors (Lipinski definition) is 2. The predicted octanol–water partition coefficient (Wildman–Crippen LogP) is 3.53. The zero-order chi connectivity index (χ0) is 16.5. The standard InChI is InChI=1S/C18H19BrN2O2/c19-15-10-6-11-16(13-15)21-18(23)17(22)20-12-5-4-9-14-7-2-1-3-8-14/h1-3,6-8,10-11,13H,4-5,9,12H2,(H,20,22)(H,21,23). The summed E-state index contributed by atoms with van der Waals surface area (Å²) in [5, 5.41) is 5.21. The number of amides is 2. The van der Waals surface area contributed by atoms with Crippen LogP contribution in [0.25, 0.3) is 0 Å². The van der Waals surface area contributed by atoms with Crippen molar-refractivity contribution < 1.29 is 9.59 Å². The number of unbranched alkanes of at least 4 members (excludes halogenated alkanes) is 1. The van der Waals surface area contributed by atoms with Crippen LogP contribution in [-0.4, -0.2) is 18.4 Å². The molecule has 0 aromatic heterocycles. The smallest absolute Gasteiger partial charge is 0.313 e. The molecule has 0 spiro atoms. The Morgan fingerprint density at radius 3 is 2.43 bits per heavy atom. The van der Waals surface area contributed by atoms with Crippen LogP contribution in [-0.2, 0) is 16.0 Å². The average molecular weight is 375 g/mol. The largest absolute Gasteiger partial charge is 0.348 e. The summed E-state index contributed by atoms with van der Waals surface area (Å²) in [5.74, 6) is -1.25. The number of carbonyl (C=O) groups is 2. The Morgan fingerprint density at radius 2 is 1.70 bits per heavy atom. The number of carbonyl (C=O) groups excluding carboxylic acids is 2. The zero-order valence-electron chi connectivity index (χ0n) is 12.7. The van der Waals surface area contributed by atoms with Gasteiger partial charge in [0.2, 0.25) is 0 Å². The van der Waals surface area contributed by atoms with Gasteiger partial charge in [-0.3, -0.25) is 9.59 Å². The Morgan fingerprint density at radius 1 is 0.913 bits per heavy atom. The molecule has 0 heterocycles. The maximum absolute atomic E-state index is 11.8. The third-order valence-electron chi connectivity index (χ3n) is 3.31. The van der Waals surface area contributed by atoms with E-state index in [2.05, 4.69) is 38.7 Å². The topological polar surface area (TPSA) is 58.2 Å². The van der Waals surface area contributed by atoms with Gasteiger partial charge in [0.15, 0.2) is 0 Å². The first-order valence-electron chi connectivity index (χ1n) is 7.54. The average Bonchev–Trinajstić information content (AvgIpc) is 2.55. The van der Waals surface area contributed by atoms with Crippen LogP contribution in [0.2, 0.25) is 0 Å². The quantitative estimate of drug-likeness (QED) is 0.600. The lowest BCUT2D eigenvalue weighted by molar-refractivity contribution is -0.136. The summed E-state index contributed by atoms with van der Waals surface area (Å²) in [4.78, 5) is 23.5. The van der Waals surface area contributed by atoms with Crippen LogP contribution in [0.3, 0.4) is 0 Å². The van der Waals surface area contributed by atoms with E-state index in [1.165, 1.54) is 5.56 Å². The molecule has 0 unspecified atom stereocenters. The fraction of sp³-hybridized carbons (Fsp3) is 0.222. The Labute approximate surface area is 144 Å². The molecule has 2 N–H and O–H groups in total. The van der Waals surface area contributed by atoms with E-state index in [4.69, 9.17) is 0 Å². The van der Waals surface area contributed by atoms with E-state index in [1.54, 1.807) is 18.2 Å². The van der Waals surface area contributed by atoms with Gasteiger partial charge in [0.25, 0.3) is 0 Å². The second-order valence-electron chi connectivity index (χ2n) is 5.16. The fourth-order valence-electron chi connectivity index (χ4n) is 2.14. The van der Waals surface area contributed by atoms with Crippen molar-refractivity contribution in [3.63, 3.8) is 0 Å². The van der Waals surface area contributed by atoms with Crippen LogP contribution < -0.4 is 10.6 Å². The van der Waals surface area contributed by atoms with E-state index in [-0.39, 0.29) is 0 Å². The van der Waals surface area contributed by atoms with Crippen molar-refractivity contribution in [2.45, 2.75) is 19.3 Å². The van der Waals surface area contributed by atoms with Crippen molar-refractivity contribution in [1.82, 2.24) is 5.32 Å². The van der Waals surface area contributed by atoms with Gasteiger partial charge in [-0.1, -0.05) is 52.3 Å². The van der Waals surface area contributed by atoms with E-state index in [0.29, 0.717) is 12.2 Å². The van der Waals surface area contributed by atoms with Crippen LogP contribution in [0.1, 0.15) is 18.4 Å². The van der Waals surface area contributed by atoms with E-state index >= 15 is 0 Å². The van der Waals surface area contributed by atoms with Crippen LogP contribution in [0.15, 0.2) is 59.1 Å². The third-order valence-corrected chi connectivity index (χ3v) is 3.80. The molecule has 2 amide bonds. The zero-order valence-corrected chi connectivity index (χ0v) is 14.3. The number of anilines is 1. The van der Waals surface area contributed by atoms with Gasteiger partial charge in [0.05, 0.1) is 0 Å². The van der Waals surface area contributed by atoms with Gasteiger partial charge < -0.3 is 10.6 Å². The van der Waals surface area contributed by atoms with Gasteiger partial charge in [0, 0.05) is 16.7 Å². The van der Waals surface area contributed by atoms with Crippen molar-refractivity contribution in [2.24, 2.45) is 0 Å². The highest BCUT2D eigenvalue weighted by atomic mass is 79.9. The van der Waals surface area contributed by atoms with Gasteiger partial charge in [-0.05, 0) is 43.0 Å². The first kappa shape index (κ1) is 17.2. The molecule has 0 aliphatic carbocycles. The molecule has 2 aromatic rings. The molecule has 0 saturated heterocycles. The Hall–Kier alpha value is -2.14. The van der Waals surface area contributed by atoms with Crippen molar-refractivity contribution in [3.8, 4) is 0 Å². The number of aryl methyl sites for hydroxylation is 1. The molecule has 0 saturated carbocycles. The molecule has 23 heavy (non-hydrogen) atoms. The van der Waals surface area contributed by atoms with E-state index in [9.17, 15) is 9.59 Å². The normalized spacial score (nSPS) is 10.1.